The van der Waals surface area contributed by atoms with Crippen molar-refractivity contribution in [1.29, 1.82) is 0 Å². The smallest absolute Gasteiger partial charge is 0.415 e. The average molecular weight is 302 g/mol. The van der Waals surface area contributed by atoms with E-state index in [0.717, 1.165) is 5.69 Å². The van der Waals surface area contributed by atoms with E-state index in [2.05, 4.69) is 10.1 Å². The maximum atomic E-state index is 12.1. The maximum Gasteiger partial charge on any atom is 0.415 e. The molecule has 0 aliphatic carbocycles. The van der Waals surface area contributed by atoms with Gasteiger partial charge in [0.1, 0.15) is 11.9 Å². The van der Waals surface area contributed by atoms with E-state index in [1.54, 1.807) is 10.6 Å². The molecule has 22 heavy (non-hydrogen) atoms. The Balaban J connectivity index is 2.06. The molecular weight excluding hydrogens is 284 g/mol. The highest BCUT2D eigenvalue weighted by molar-refractivity contribution is 6.00. The standard InChI is InChI=1S/C15H18N4O3/c1-8(2)12-7-18(15(21)22-12)13-5-9(3)19-14(17-13)11(6-16-19)10(4)20/h5-6,8,12H,7H2,1-4H3. The molecule has 1 aliphatic heterocycles. The van der Waals surface area contributed by atoms with Gasteiger partial charge in [0.15, 0.2) is 11.4 Å². The molecule has 0 radical (unpaired) electrons. The lowest BCUT2D eigenvalue weighted by atomic mass is 10.1. The molecule has 7 heteroatoms. The van der Waals surface area contributed by atoms with Gasteiger partial charge in [-0.1, -0.05) is 13.8 Å². The van der Waals surface area contributed by atoms with Crippen LogP contribution in [0.1, 0.15) is 36.8 Å². The van der Waals surface area contributed by atoms with Crippen molar-refractivity contribution in [1.82, 2.24) is 14.6 Å². The number of rotatable bonds is 3. The van der Waals surface area contributed by atoms with Gasteiger partial charge in [0.2, 0.25) is 0 Å². The van der Waals surface area contributed by atoms with Gasteiger partial charge < -0.3 is 4.74 Å². The Morgan fingerprint density at radius 2 is 2.18 bits per heavy atom. The van der Waals surface area contributed by atoms with Crippen LogP contribution >= 0.6 is 0 Å². The number of carbonyl (C=O) groups is 2. The maximum absolute atomic E-state index is 12.1. The van der Waals surface area contributed by atoms with Crippen LogP contribution in [-0.2, 0) is 4.74 Å². The van der Waals surface area contributed by atoms with Gasteiger partial charge >= 0.3 is 6.09 Å². The highest BCUT2D eigenvalue weighted by Gasteiger charge is 2.35. The fourth-order valence-corrected chi connectivity index (χ4v) is 2.50. The SMILES string of the molecule is CC(=O)c1cnn2c(C)cc(N3CC(C(C)C)OC3=O)nc12. The summed E-state index contributed by atoms with van der Waals surface area (Å²) < 4.78 is 6.96. The summed E-state index contributed by atoms with van der Waals surface area (Å²) >= 11 is 0. The number of nitrogens with zero attached hydrogens (tertiary/aromatic N) is 4. The van der Waals surface area contributed by atoms with Gasteiger partial charge in [0.25, 0.3) is 0 Å². The summed E-state index contributed by atoms with van der Waals surface area (Å²) in [6.07, 6.45) is 0.947. The summed E-state index contributed by atoms with van der Waals surface area (Å²) in [5, 5.41) is 4.17. The number of anilines is 1. The highest BCUT2D eigenvalue weighted by atomic mass is 16.6. The van der Waals surface area contributed by atoms with Crippen molar-refractivity contribution in [2.45, 2.75) is 33.8 Å². The van der Waals surface area contributed by atoms with Crippen molar-refractivity contribution in [2.24, 2.45) is 5.92 Å². The molecule has 3 rings (SSSR count). The highest BCUT2D eigenvalue weighted by Crippen LogP contribution is 2.25. The Kier molecular flexibility index (Phi) is 3.35. The Labute approximate surface area is 127 Å². The van der Waals surface area contributed by atoms with Gasteiger partial charge in [-0.25, -0.2) is 14.3 Å². The van der Waals surface area contributed by atoms with E-state index in [0.29, 0.717) is 23.6 Å². The fraction of sp³-hybridized carbons (Fsp3) is 0.467. The van der Waals surface area contributed by atoms with Crippen molar-refractivity contribution in [3.05, 3.63) is 23.5 Å². The molecule has 2 aromatic heterocycles. The third kappa shape index (κ3) is 2.22. The number of aromatic nitrogens is 3. The molecule has 0 aromatic carbocycles. The van der Waals surface area contributed by atoms with E-state index >= 15 is 0 Å². The lowest BCUT2D eigenvalue weighted by Crippen LogP contribution is -2.27. The van der Waals surface area contributed by atoms with E-state index in [4.69, 9.17) is 4.74 Å². The third-order valence-electron chi connectivity index (χ3n) is 3.87. The predicted octanol–water partition coefficient (Wildman–Crippen LogP) is 2.22. The first-order valence-electron chi connectivity index (χ1n) is 7.23. The molecule has 7 nitrogen and oxygen atoms in total. The molecular formula is C15H18N4O3. The monoisotopic (exact) mass is 302 g/mol. The number of cyclic esters (lactones) is 1. The number of fused-ring (bicyclic) bond motifs is 1. The van der Waals surface area contributed by atoms with Crippen LogP contribution in [0.4, 0.5) is 10.6 Å². The van der Waals surface area contributed by atoms with Crippen LogP contribution in [0.2, 0.25) is 0 Å². The zero-order valence-corrected chi connectivity index (χ0v) is 13.0. The molecule has 1 fully saturated rings. The van der Waals surface area contributed by atoms with Gasteiger partial charge in [0.05, 0.1) is 18.3 Å². The van der Waals surface area contributed by atoms with Crippen LogP contribution in [0, 0.1) is 12.8 Å². The van der Waals surface area contributed by atoms with Crippen LogP contribution in [0.3, 0.4) is 0 Å². The van der Waals surface area contributed by atoms with Gasteiger partial charge in [-0.3, -0.25) is 9.69 Å². The summed E-state index contributed by atoms with van der Waals surface area (Å²) in [5.74, 6) is 0.616. The van der Waals surface area contributed by atoms with E-state index in [1.165, 1.54) is 18.0 Å². The minimum absolute atomic E-state index is 0.108. The van der Waals surface area contributed by atoms with E-state index in [9.17, 15) is 9.59 Å². The van der Waals surface area contributed by atoms with Gasteiger partial charge in [-0.2, -0.15) is 5.10 Å². The van der Waals surface area contributed by atoms with Crippen molar-refractivity contribution in [3.8, 4) is 0 Å². The molecule has 1 unspecified atom stereocenters. The summed E-state index contributed by atoms with van der Waals surface area (Å²) in [7, 11) is 0. The second-order valence-electron chi connectivity index (χ2n) is 5.88. The lowest BCUT2D eigenvalue weighted by molar-refractivity contribution is 0.101. The second-order valence-corrected chi connectivity index (χ2v) is 5.88. The van der Waals surface area contributed by atoms with Gasteiger partial charge in [0, 0.05) is 11.8 Å². The Morgan fingerprint density at radius 3 is 2.77 bits per heavy atom. The number of ketones is 1. The fourth-order valence-electron chi connectivity index (χ4n) is 2.50. The average Bonchev–Trinajstić information content (AvgIpc) is 3.02. The van der Waals surface area contributed by atoms with Crippen LogP contribution in [-0.4, -0.2) is 39.1 Å². The number of amides is 1. The molecule has 1 saturated heterocycles. The predicted molar refractivity (Wildman–Crippen MR) is 80.2 cm³/mol. The number of aryl methyl sites for hydroxylation is 1. The Bertz CT molecular complexity index is 765. The molecule has 1 amide bonds. The number of Topliss-reactive ketones (excluding diaryl/α,β-unsaturated/α-hetero) is 1. The minimum Gasteiger partial charge on any atom is -0.444 e. The van der Waals surface area contributed by atoms with E-state index in [-0.39, 0.29) is 17.8 Å². The molecule has 1 atom stereocenters. The molecule has 116 valence electrons. The summed E-state index contributed by atoms with van der Waals surface area (Å²) in [5.41, 5.74) is 1.70. The van der Waals surface area contributed by atoms with Crippen molar-refractivity contribution >= 4 is 23.3 Å². The number of ether oxygens (including phenoxy) is 1. The number of carbonyl (C=O) groups excluding carboxylic acids is 2. The van der Waals surface area contributed by atoms with Crippen LogP contribution in [0.5, 0.6) is 0 Å². The first kappa shape index (κ1) is 14.5. The van der Waals surface area contributed by atoms with Crippen LogP contribution < -0.4 is 4.90 Å². The zero-order valence-electron chi connectivity index (χ0n) is 13.0. The van der Waals surface area contributed by atoms with Crippen molar-refractivity contribution in [2.75, 3.05) is 11.4 Å². The van der Waals surface area contributed by atoms with Crippen molar-refractivity contribution in [3.63, 3.8) is 0 Å². The molecule has 0 saturated carbocycles. The molecule has 0 N–H and O–H groups in total. The van der Waals surface area contributed by atoms with Crippen LogP contribution in [0.25, 0.3) is 5.65 Å². The number of hydrogen-bond donors (Lipinski definition) is 0. The van der Waals surface area contributed by atoms with Gasteiger partial charge in [-0.15, -0.1) is 0 Å². The Hall–Kier alpha value is -2.44. The second kappa shape index (κ2) is 5.08. The normalized spacial score (nSPS) is 18.3. The lowest BCUT2D eigenvalue weighted by Gasteiger charge is -2.14. The van der Waals surface area contributed by atoms with E-state index < -0.39 is 6.09 Å². The first-order valence-corrected chi connectivity index (χ1v) is 7.23. The largest absolute Gasteiger partial charge is 0.444 e. The summed E-state index contributed by atoms with van der Waals surface area (Å²) in [6, 6.07) is 1.77. The summed E-state index contributed by atoms with van der Waals surface area (Å²) in [4.78, 5) is 29.7. The van der Waals surface area contributed by atoms with Gasteiger partial charge in [-0.05, 0) is 19.8 Å². The van der Waals surface area contributed by atoms with Crippen molar-refractivity contribution < 1.29 is 14.3 Å². The first-order chi connectivity index (χ1) is 10.4. The topological polar surface area (TPSA) is 76.8 Å². The molecule has 3 heterocycles. The Morgan fingerprint density at radius 1 is 1.45 bits per heavy atom. The molecule has 0 bridgehead atoms. The molecule has 0 spiro atoms. The minimum atomic E-state index is -0.404. The van der Waals surface area contributed by atoms with Crippen LogP contribution in [0.15, 0.2) is 12.3 Å². The van der Waals surface area contributed by atoms with E-state index in [1.807, 2.05) is 20.8 Å². The third-order valence-corrected chi connectivity index (χ3v) is 3.87. The zero-order chi connectivity index (χ0) is 16.0. The number of hydrogen-bond acceptors (Lipinski definition) is 5. The molecule has 2 aromatic rings. The molecule has 1 aliphatic rings. The summed E-state index contributed by atoms with van der Waals surface area (Å²) in [6.45, 7) is 7.81. The quantitative estimate of drug-likeness (QED) is 0.812.